The number of nitrogens with one attached hydrogen (secondary N) is 2. The number of carbonyl (C=O) groups excluding carboxylic acids is 2. The van der Waals surface area contributed by atoms with Crippen molar-refractivity contribution in [3.8, 4) is 5.75 Å². The highest BCUT2D eigenvalue weighted by Gasteiger charge is 2.36. The summed E-state index contributed by atoms with van der Waals surface area (Å²) in [5.41, 5.74) is 0.772. The first-order chi connectivity index (χ1) is 12.8. The monoisotopic (exact) mass is 385 g/mol. The van der Waals surface area contributed by atoms with Crippen molar-refractivity contribution in [3.63, 3.8) is 0 Å². The van der Waals surface area contributed by atoms with Crippen LogP contribution >= 0.6 is 0 Å². The normalized spacial score (nSPS) is 19.7. The molecule has 2 fully saturated rings. The maximum absolute atomic E-state index is 12.4. The van der Waals surface area contributed by atoms with Gasteiger partial charge in [-0.15, -0.1) is 13.2 Å². The first kappa shape index (κ1) is 19.3. The molecule has 148 valence electrons. The van der Waals surface area contributed by atoms with Crippen LogP contribution in [0, 0.1) is 0 Å². The first-order valence-corrected chi connectivity index (χ1v) is 9.01. The molecule has 0 spiro atoms. The molecule has 27 heavy (non-hydrogen) atoms. The number of amides is 3. The van der Waals surface area contributed by atoms with Gasteiger partial charge in [0.1, 0.15) is 11.8 Å². The zero-order chi connectivity index (χ0) is 19.4. The van der Waals surface area contributed by atoms with E-state index >= 15 is 0 Å². The second kappa shape index (κ2) is 8.06. The van der Waals surface area contributed by atoms with E-state index in [0.717, 1.165) is 24.8 Å². The number of halogens is 3. The average molecular weight is 385 g/mol. The number of nitrogens with zero attached hydrogens (tertiary/aromatic N) is 1. The van der Waals surface area contributed by atoms with Crippen molar-refractivity contribution < 1.29 is 27.5 Å². The molecule has 1 atom stereocenters. The van der Waals surface area contributed by atoms with Gasteiger partial charge in [0.2, 0.25) is 5.91 Å². The number of carbonyl (C=O) groups is 2. The molecule has 1 aromatic rings. The Kier molecular flexibility index (Phi) is 5.76. The molecular formula is C18H22F3N3O3. The van der Waals surface area contributed by atoms with Crippen LogP contribution in [0.15, 0.2) is 24.3 Å². The van der Waals surface area contributed by atoms with E-state index in [1.807, 2.05) is 0 Å². The first-order valence-electron chi connectivity index (χ1n) is 9.01. The molecule has 1 saturated heterocycles. The van der Waals surface area contributed by atoms with Gasteiger partial charge in [-0.05, 0) is 49.8 Å². The van der Waals surface area contributed by atoms with Gasteiger partial charge in [-0.25, -0.2) is 4.79 Å². The van der Waals surface area contributed by atoms with E-state index in [2.05, 4.69) is 15.4 Å². The quantitative estimate of drug-likeness (QED) is 0.791. The number of rotatable bonds is 6. The Morgan fingerprint density at radius 2 is 1.85 bits per heavy atom. The van der Waals surface area contributed by atoms with Gasteiger partial charge in [-0.3, -0.25) is 4.79 Å². The van der Waals surface area contributed by atoms with Gasteiger partial charge in [0, 0.05) is 19.1 Å². The van der Waals surface area contributed by atoms with E-state index < -0.39 is 12.4 Å². The maximum Gasteiger partial charge on any atom is 0.573 e. The highest BCUT2D eigenvalue weighted by atomic mass is 19.4. The van der Waals surface area contributed by atoms with Crippen LogP contribution in [0.5, 0.6) is 5.75 Å². The van der Waals surface area contributed by atoms with Crippen LogP contribution in [0.1, 0.15) is 31.2 Å². The Morgan fingerprint density at radius 3 is 2.48 bits per heavy atom. The molecule has 3 amide bonds. The topological polar surface area (TPSA) is 70.7 Å². The van der Waals surface area contributed by atoms with Crippen LogP contribution in [-0.4, -0.2) is 48.4 Å². The molecule has 0 aromatic heterocycles. The second-order valence-electron chi connectivity index (χ2n) is 6.81. The molecule has 0 radical (unpaired) electrons. The maximum atomic E-state index is 12.4. The fourth-order valence-corrected chi connectivity index (χ4v) is 3.08. The van der Waals surface area contributed by atoms with Crippen LogP contribution in [0.2, 0.25) is 0 Å². The fraction of sp³-hybridized carbons (Fsp3) is 0.556. The lowest BCUT2D eigenvalue weighted by Gasteiger charge is -2.24. The summed E-state index contributed by atoms with van der Waals surface area (Å²) in [5, 5.41) is 5.71. The summed E-state index contributed by atoms with van der Waals surface area (Å²) >= 11 is 0. The number of ether oxygens (including phenoxy) is 1. The third kappa shape index (κ3) is 5.77. The summed E-state index contributed by atoms with van der Waals surface area (Å²) in [6.45, 7) is 0.865. The number of alkyl halides is 3. The van der Waals surface area contributed by atoms with Gasteiger partial charge in [0.15, 0.2) is 0 Å². The molecule has 2 aliphatic rings. The molecule has 1 aromatic carbocycles. The van der Waals surface area contributed by atoms with Gasteiger partial charge in [0.25, 0.3) is 0 Å². The second-order valence-corrected chi connectivity index (χ2v) is 6.81. The predicted molar refractivity (Wildman–Crippen MR) is 91.1 cm³/mol. The third-order valence-electron chi connectivity index (χ3n) is 4.59. The fourth-order valence-electron chi connectivity index (χ4n) is 3.08. The Balaban J connectivity index is 1.44. The smallest absolute Gasteiger partial charge is 0.406 e. The highest BCUT2D eigenvalue weighted by Crippen LogP contribution is 2.23. The number of likely N-dealkylation sites (tertiary alicyclic amines) is 1. The summed E-state index contributed by atoms with van der Waals surface area (Å²) in [4.78, 5) is 26.1. The van der Waals surface area contributed by atoms with E-state index in [-0.39, 0.29) is 23.7 Å². The largest absolute Gasteiger partial charge is 0.573 e. The molecule has 1 aliphatic heterocycles. The zero-order valence-electron chi connectivity index (χ0n) is 14.7. The van der Waals surface area contributed by atoms with Crippen LogP contribution < -0.4 is 15.4 Å². The van der Waals surface area contributed by atoms with Crippen molar-refractivity contribution in [2.45, 2.75) is 50.6 Å². The molecule has 1 heterocycles. The molecule has 1 unspecified atom stereocenters. The number of hydrogen-bond donors (Lipinski definition) is 2. The van der Waals surface area contributed by atoms with Crippen LogP contribution in [-0.2, 0) is 11.2 Å². The van der Waals surface area contributed by atoms with Gasteiger partial charge >= 0.3 is 12.4 Å². The van der Waals surface area contributed by atoms with Crippen molar-refractivity contribution in [2.24, 2.45) is 0 Å². The van der Waals surface area contributed by atoms with E-state index in [0.29, 0.717) is 25.9 Å². The molecule has 6 nitrogen and oxygen atoms in total. The average Bonchev–Trinajstić information content (AvgIpc) is 3.26. The molecule has 1 saturated carbocycles. The van der Waals surface area contributed by atoms with Crippen LogP contribution in [0.4, 0.5) is 18.0 Å². The van der Waals surface area contributed by atoms with Crippen molar-refractivity contribution in [2.75, 3.05) is 13.1 Å². The number of urea groups is 1. The number of benzene rings is 1. The van der Waals surface area contributed by atoms with Crippen molar-refractivity contribution in [1.29, 1.82) is 0 Å². The van der Waals surface area contributed by atoms with Crippen molar-refractivity contribution >= 4 is 11.9 Å². The summed E-state index contributed by atoms with van der Waals surface area (Å²) in [6, 6.07) is 5.06. The van der Waals surface area contributed by atoms with E-state index in [4.69, 9.17) is 0 Å². The van der Waals surface area contributed by atoms with Crippen LogP contribution in [0.3, 0.4) is 0 Å². The Labute approximate surface area is 155 Å². The van der Waals surface area contributed by atoms with Crippen molar-refractivity contribution in [1.82, 2.24) is 15.5 Å². The standard InChI is InChI=1S/C18H22F3N3O3/c19-18(20,21)27-14-7-3-12(4-8-14)9-10-22-17(26)24-11-1-2-15(24)16(25)23-13-5-6-13/h3-4,7-8,13,15H,1-2,5-6,9-11H2,(H,22,26)(H,23,25). The van der Waals surface area contributed by atoms with Gasteiger partial charge in [-0.2, -0.15) is 0 Å². The van der Waals surface area contributed by atoms with Gasteiger partial charge < -0.3 is 20.3 Å². The molecule has 1 aliphatic carbocycles. The summed E-state index contributed by atoms with van der Waals surface area (Å²) in [7, 11) is 0. The van der Waals surface area contributed by atoms with Gasteiger partial charge in [-0.1, -0.05) is 12.1 Å². The minimum absolute atomic E-state index is 0.0922. The molecular weight excluding hydrogens is 363 g/mol. The SMILES string of the molecule is O=C(NC1CC1)C1CCCN1C(=O)NCCc1ccc(OC(F)(F)F)cc1. The highest BCUT2D eigenvalue weighted by molar-refractivity contribution is 5.88. The molecule has 0 bridgehead atoms. The third-order valence-corrected chi connectivity index (χ3v) is 4.59. The van der Waals surface area contributed by atoms with Crippen molar-refractivity contribution in [3.05, 3.63) is 29.8 Å². The lowest BCUT2D eigenvalue weighted by Crippen LogP contribution is -2.50. The predicted octanol–water partition coefficient (Wildman–Crippen LogP) is 2.58. The van der Waals surface area contributed by atoms with E-state index in [9.17, 15) is 22.8 Å². The van der Waals surface area contributed by atoms with E-state index in [1.54, 1.807) is 4.90 Å². The molecule has 9 heteroatoms. The summed E-state index contributed by atoms with van der Waals surface area (Å²) in [6.07, 6.45) is -0.809. The zero-order valence-corrected chi connectivity index (χ0v) is 14.7. The number of hydrogen-bond acceptors (Lipinski definition) is 3. The molecule has 2 N–H and O–H groups in total. The minimum Gasteiger partial charge on any atom is -0.406 e. The Bertz CT molecular complexity index is 675. The Morgan fingerprint density at radius 1 is 1.15 bits per heavy atom. The minimum atomic E-state index is -4.71. The van der Waals surface area contributed by atoms with Crippen LogP contribution in [0.25, 0.3) is 0 Å². The Hall–Kier alpha value is -2.45. The summed E-state index contributed by atoms with van der Waals surface area (Å²) in [5.74, 6) is -0.373. The lowest BCUT2D eigenvalue weighted by molar-refractivity contribution is -0.274. The van der Waals surface area contributed by atoms with Gasteiger partial charge in [0.05, 0.1) is 0 Å². The van der Waals surface area contributed by atoms with E-state index in [1.165, 1.54) is 24.3 Å². The molecule has 3 rings (SSSR count). The summed E-state index contributed by atoms with van der Waals surface area (Å²) < 4.78 is 40.2. The lowest BCUT2D eigenvalue weighted by atomic mass is 10.1.